The number of fused-ring (bicyclic) bond motifs is 1. The lowest BCUT2D eigenvalue weighted by Gasteiger charge is -2.23. The molecule has 0 fully saturated rings. The predicted octanol–water partition coefficient (Wildman–Crippen LogP) is 2.65. The standard InChI is InChI=1S/C15H23N3/c1-9-6-10(2)15-12(7-9)14(11(3)17-15)13(8-16)18(4)5/h6-7,13,17H,8,16H2,1-5H3. The van der Waals surface area contributed by atoms with Crippen LogP contribution in [0.2, 0.25) is 0 Å². The third-order valence-corrected chi connectivity index (χ3v) is 3.67. The van der Waals surface area contributed by atoms with Gasteiger partial charge in [-0.05, 0) is 52.1 Å². The summed E-state index contributed by atoms with van der Waals surface area (Å²) in [6, 6.07) is 4.74. The molecule has 1 unspecified atom stereocenters. The SMILES string of the molecule is Cc1cc(C)c2[nH]c(C)c(C(CN)N(C)C)c2c1. The van der Waals surface area contributed by atoms with Gasteiger partial charge in [0.2, 0.25) is 0 Å². The number of nitrogens with two attached hydrogens (primary N) is 1. The number of hydrogen-bond donors (Lipinski definition) is 2. The van der Waals surface area contributed by atoms with Crippen LogP contribution in [-0.4, -0.2) is 30.5 Å². The van der Waals surface area contributed by atoms with Crippen LogP contribution in [-0.2, 0) is 0 Å². The van der Waals surface area contributed by atoms with Gasteiger partial charge in [0.1, 0.15) is 0 Å². The summed E-state index contributed by atoms with van der Waals surface area (Å²) < 4.78 is 0. The van der Waals surface area contributed by atoms with E-state index in [-0.39, 0.29) is 6.04 Å². The third kappa shape index (κ3) is 2.04. The second-order valence-corrected chi connectivity index (χ2v) is 5.38. The van der Waals surface area contributed by atoms with E-state index in [1.165, 1.54) is 33.3 Å². The van der Waals surface area contributed by atoms with Gasteiger partial charge in [0.15, 0.2) is 0 Å². The molecule has 1 atom stereocenters. The molecular formula is C15H23N3. The molecule has 3 nitrogen and oxygen atoms in total. The highest BCUT2D eigenvalue weighted by Crippen LogP contribution is 2.32. The van der Waals surface area contributed by atoms with Crippen molar-refractivity contribution in [2.75, 3.05) is 20.6 Å². The first kappa shape index (κ1) is 13.1. The molecule has 0 aliphatic heterocycles. The van der Waals surface area contributed by atoms with Crippen LogP contribution in [0.5, 0.6) is 0 Å². The minimum absolute atomic E-state index is 0.264. The Labute approximate surface area is 109 Å². The van der Waals surface area contributed by atoms with Crippen LogP contribution in [0.3, 0.4) is 0 Å². The molecule has 0 radical (unpaired) electrons. The molecule has 98 valence electrons. The molecule has 0 saturated carbocycles. The van der Waals surface area contributed by atoms with Crippen molar-refractivity contribution >= 4 is 10.9 Å². The topological polar surface area (TPSA) is 45.1 Å². The lowest BCUT2D eigenvalue weighted by Crippen LogP contribution is -2.27. The fraction of sp³-hybridized carbons (Fsp3) is 0.467. The van der Waals surface area contributed by atoms with E-state index in [1.807, 2.05) is 0 Å². The molecule has 2 rings (SSSR count). The lowest BCUT2D eigenvalue weighted by molar-refractivity contribution is 0.307. The van der Waals surface area contributed by atoms with E-state index in [1.54, 1.807) is 0 Å². The van der Waals surface area contributed by atoms with E-state index >= 15 is 0 Å². The van der Waals surface area contributed by atoms with Crippen LogP contribution in [0.25, 0.3) is 10.9 Å². The summed E-state index contributed by atoms with van der Waals surface area (Å²) >= 11 is 0. The molecule has 3 heteroatoms. The summed E-state index contributed by atoms with van der Waals surface area (Å²) in [5.41, 5.74) is 12.4. The summed E-state index contributed by atoms with van der Waals surface area (Å²) in [7, 11) is 4.16. The van der Waals surface area contributed by atoms with Crippen molar-refractivity contribution in [3.63, 3.8) is 0 Å². The maximum Gasteiger partial charge on any atom is 0.0489 e. The molecule has 0 bridgehead atoms. The highest BCUT2D eigenvalue weighted by Gasteiger charge is 2.20. The van der Waals surface area contributed by atoms with Crippen LogP contribution in [0.15, 0.2) is 12.1 Å². The fourth-order valence-electron chi connectivity index (χ4n) is 2.82. The maximum absolute atomic E-state index is 5.95. The molecule has 0 amide bonds. The zero-order valence-electron chi connectivity index (χ0n) is 12.0. The van der Waals surface area contributed by atoms with Gasteiger partial charge in [-0.2, -0.15) is 0 Å². The first-order valence-electron chi connectivity index (χ1n) is 6.41. The molecule has 0 aliphatic rings. The summed E-state index contributed by atoms with van der Waals surface area (Å²) in [5.74, 6) is 0. The average Bonchev–Trinajstić information content (AvgIpc) is 2.58. The second-order valence-electron chi connectivity index (χ2n) is 5.38. The van der Waals surface area contributed by atoms with Crippen LogP contribution in [0.1, 0.15) is 28.4 Å². The van der Waals surface area contributed by atoms with Gasteiger partial charge in [0.25, 0.3) is 0 Å². The number of rotatable bonds is 3. The maximum atomic E-state index is 5.95. The normalized spacial score (nSPS) is 13.5. The first-order valence-corrected chi connectivity index (χ1v) is 6.41. The Morgan fingerprint density at radius 3 is 2.44 bits per heavy atom. The van der Waals surface area contributed by atoms with Crippen molar-refractivity contribution in [2.24, 2.45) is 5.73 Å². The molecule has 3 N–H and O–H groups in total. The van der Waals surface area contributed by atoms with Gasteiger partial charge >= 0.3 is 0 Å². The molecule has 1 aromatic heterocycles. The first-order chi connectivity index (χ1) is 8.45. The number of H-pyrrole nitrogens is 1. The zero-order valence-corrected chi connectivity index (χ0v) is 12.0. The number of nitrogens with one attached hydrogen (secondary N) is 1. The largest absolute Gasteiger partial charge is 0.358 e. The smallest absolute Gasteiger partial charge is 0.0489 e. The second kappa shape index (κ2) is 4.75. The molecule has 0 spiro atoms. The highest BCUT2D eigenvalue weighted by atomic mass is 15.1. The van der Waals surface area contributed by atoms with Gasteiger partial charge in [-0.25, -0.2) is 0 Å². The molecule has 2 aromatic rings. The molecule has 0 aliphatic carbocycles. The Morgan fingerprint density at radius 1 is 1.22 bits per heavy atom. The van der Waals surface area contributed by atoms with Gasteiger partial charge in [-0.3, -0.25) is 0 Å². The van der Waals surface area contributed by atoms with Gasteiger partial charge in [-0.15, -0.1) is 0 Å². The molecular weight excluding hydrogens is 222 g/mol. The van der Waals surface area contributed by atoms with Crippen molar-refractivity contribution in [1.82, 2.24) is 9.88 Å². The average molecular weight is 245 g/mol. The summed E-state index contributed by atoms with van der Waals surface area (Å²) in [4.78, 5) is 5.70. The number of aryl methyl sites for hydroxylation is 3. The van der Waals surface area contributed by atoms with Gasteiger partial charge in [0.05, 0.1) is 0 Å². The van der Waals surface area contributed by atoms with Crippen molar-refractivity contribution in [1.29, 1.82) is 0 Å². The minimum Gasteiger partial charge on any atom is -0.358 e. The quantitative estimate of drug-likeness (QED) is 0.873. The molecule has 0 saturated heterocycles. The Morgan fingerprint density at radius 2 is 1.89 bits per heavy atom. The highest BCUT2D eigenvalue weighted by molar-refractivity contribution is 5.88. The Kier molecular flexibility index (Phi) is 3.46. The van der Waals surface area contributed by atoms with Gasteiger partial charge in [0, 0.05) is 29.2 Å². The number of hydrogen-bond acceptors (Lipinski definition) is 2. The van der Waals surface area contributed by atoms with Gasteiger partial charge in [-0.1, -0.05) is 11.6 Å². The fourth-order valence-corrected chi connectivity index (χ4v) is 2.82. The third-order valence-electron chi connectivity index (χ3n) is 3.67. The van der Waals surface area contributed by atoms with Crippen molar-refractivity contribution in [2.45, 2.75) is 26.8 Å². The zero-order chi connectivity index (χ0) is 13.4. The van der Waals surface area contributed by atoms with Gasteiger partial charge < -0.3 is 15.6 Å². The van der Waals surface area contributed by atoms with Crippen molar-refractivity contribution in [3.05, 3.63) is 34.5 Å². The van der Waals surface area contributed by atoms with E-state index in [4.69, 9.17) is 5.73 Å². The van der Waals surface area contributed by atoms with Crippen LogP contribution < -0.4 is 5.73 Å². The van der Waals surface area contributed by atoms with Crippen LogP contribution in [0.4, 0.5) is 0 Å². The van der Waals surface area contributed by atoms with E-state index < -0.39 is 0 Å². The number of likely N-dealkylation sites (N-methyl/N-ethyl adjacent to an activating group) is 1. The number of aromatic amines is 1. The van der Waals surface area contributed by atoms with Crippen LogP contribution in [0, 0.1) is 20.8 Å². The molecule has 18 heavy (non-hydrogen) atoms. The summed E-state index contributed by atoms with van der Waals surface area (Å²) in [5, 5.41) is 1.31. The van der Waals surface area contributed by atoms with Crippen molar-refractivity contribution < 1.29 is 0 Å². The number of nitrogens with zero attached hydrogens (tertiary/aromatic N) is 1. The monoisotopic (exact) mass is 245 g/mol. The molecule has 1 heterocycles. The van der Waals surface area contributed by atoms with E-state index in [0.717, 1.165) is 0 Å². The van der Waals surface area contributed by atoms with E-state index in [2.05, 4.69) is 56.9 Å². The van der Waals surface area contributed by atoms with E-state index in [0.29, 0.717) is 6.54 Å². The summed E-state index contributed by atoms with van der Waals surface area (Å²) in [6.07, 6.45) is 0. The predicted molar refractivity (Wildman–Crippen MR) is 78.0 cm³/mol. The number of aromatic nitrogens is 1. The molecule has 1 aromatic carbocycles. The Balaban J connectivity index is 2.73. The minimum atomic E-state index is 0.264. The lowest BCUT2D eigenvalue weighted by atomic mass is 9.99. The van der Waals surface area contributed by atoms with Crippen LogP contribution >= 0.6 is 0 Å². The van der Waals surface area contributed by atoms with E-state index in [9.17, 15) is 0 Å². The Hall–Kier alpha value is -1.32. The van der Waals surface area contributed by atoms with Crippen molar-refractivity contribution in [3.8, 4) is 0 Å². The summed E-state index contributed by atoms with van der Waals surface area (Å²) in [6.45, 7) is 7.07. The number of benzene rings is 1. The Bertz CT molecular complexity index is 567.